The monoisotopic (exact) mass is 346 g/mol. The molecule has 0 bridgehead atoms. The normalized spacial score (nSPS) is 14.4. The minimum absolute atomic E-state index is 0.0901. The van der Waals surface area contributed by atoms with Crippen molar-refractivity contribution in [2.24, 2.45) is 0 Å². The highest BCUT2D eigenvalue weighted by atomic mass is 35.5. The van der Waals surface area contributed by atoms with Crippen LogP contribution in [0.1, 0.15) is 25.7 Å². The summed E-state index contributed by atoms with van der Waals surface area (Å²) < 4.78 is 5.76. The van der Waals surface area contributed by atoms with Crippen LogP contribution in [0.3, 0.4) is 0 Å². The third-order valence-corrected chi connectivity index (χ3v) is 4.05. The van der Waals surface area contributed by atoms with E-state index in [9.17, 15) is 4.79 Å². The Morgan fingerprint density at radius 3 is 2.88 bits per heavy atom. The van der Waals surface area contributed by atoms with Crippen LogP contribution in [0.4, 0.5) is 11.5 Å². The summed E-state index contributed by atoms with van der Waals surface area (Å²) in [6, 6.07) is 9.33. The van der Waals surface area contributed by atoms with Gasteiger partial charge in [0.1, 0.15) is 23.8 Å². The summed E-state index contributed by atoms with van der Waals surface area (Å²) in [5, 5.41) is 6.09. The number of rotatable bonds is 6. The van der Waals surface area contributed by atoms with Crippen LogP contribution >= 0.6 is 11.6 Å². The van der Waals surface area contributed by atoms with Gasteiger partial charge in [0.15, 0.2) is 0 Å². The Balaban J connectivity index is 1.67. The van der Waals surface area contributed by atoms with Crippen LogP contribution in [-0.4, -0.2) is 27.8 Å². The van der Waals surface area contributed by atoms with Gasteiger partial charge in [0.25, 0.3) is 0 Å². The second-order valence-corrected chi connectivity index (χ2v) is 5.95. The van der Waals surface area contributed by atoms with Gasteiger partial charge in [-0.1, -0.05) is 18.9 Å². The molecule has 6 nitrogen and oxygen atoms in total. The Bertz CT molecular complexity index is 704. The molecular weight excluding hydrogens is 328 g/mol. The predicted octanol–water partition coefficient (Wildman–Crippen LogP) is 3.80. The van der Waals surface area contributed by atoms with Crippen molar-refractivity contribution >= 4 is 29.0 Å². The fourth-order valence-corrected chi connectivity index (χ4v) is 2.77. The first-order valence-electron chi connectivity index (χ1n) is 7.95. The minimum atomic E-state index is -0.265. The molecule has 1 heterocycles. The zero-order chi connectivity index (χ0) is 16.8. The van der Waals surface area contributed by atoms with E-state index in [1.165, 1.54) is 32.0 Å². The maximum absolute atomic E-state index is 11.3. The standard InChI is InChI=1S/C17H19ClN4O2/c18-10-16(23)22-13-6-3-7-14(8-13)24-17-9-15(19-11-20-17)21-12-4-1-2-5-12/h3,6-9,11-12H,1-2,4-5,10H2,(H,22,23)(H,19,20,21). The van der Waals surface area contributed by atoms with Gasteiger partial charge in [-0.3, -0.25) is 4.79 Å². The van der Waals surface area contributed by atoms with Gasteiger partial charge >= 0.3 is 0 Å². The molecule has 1 fully saturated rings. The SMILES string of the molecule is O=C(CCl)Nc1cccc(Oc2cc(NC3CCCC3)ncn2)c1. The largest absolute Gasteiger partial charge is 0.439 e. The van der Waals surface area contributed by atoms with Crippen molar-refractivity contribution in [3.63, 3.8) is 0 Å². The fourth-order valence-electron chi connectivity index (χ4n) is 2.71. The molecule has 1 aliphatic carbocycles. The number of nitrogens with one attached hydrogen (secondary N) is 2. The van der Waals surface area contributed by atoms with Crippen LogP contribution in [-0.2, 0) is 4.79 Å². The number of halogens is 1. The van der Waals surface area contributed by atoms with Gasteiger partial charge in [0, 0.05) is 23.9 Å². The van der Waals surface area contributed by atoms with Gasteiger partial charge < -0.3 is 15.4 Å². The Kier molecular flexibility index (Phi) is 5.48. The lowest BCUT2D eigenvalue weighted by Crippen LogP contribution is -2.15. The number of hydrogen-bond donors (Lipinski definition) is 2. The molecule has 1 aromatic carbocycles. The average Bonchev–Trinajstić information content (AvgIpc) is 3.08. The van der Waals surface area contributed by atoms with Crippen LogP contribution in [0.25, 0.3) is 0 Å². The van der Waals surface area contributed by atoms with E-state index in [-0.39, 0.29) is 11.8 Å². The summed E-state index contributed by atoms with van der Waals surface area (Å²) >= 11 is 5.49. The molecule has 2 N–H and O–H groups in total. The fraction of sp³-hybridized carbons (Fsp3) is 0.353. The van der Waals surface area contributed by atoms with Crippen LogP contribution in [0.2, 0.25) is 0 Å². The second-order valence-electron chi connectivity index (χ2n) is 5.68. The van der Waals surface area contributed by atoms with Crippen molar-refractivity contribution in [3.05, 3.63) is 36.7 Å². The minimum Gasteiger partial charge on any atom is -0.439 e. The lowest BCUT2D eigenvalue weighted by molar-refractivity contribution is -0.113. The van der Waals surface area contributed by atoms with E-state index in [0.29, 0.717) is 23.4 Å². The molecule has 3 rings (SSSR count). The Morgan fingerprint density at radius 2 is 2.08 bits per heavy atom. The summed E-state index contributed by atoms with van der Waals surface area (Å²) in [4.78, 5) is 19.7. The van der Waals surface area contributed by atoms with E-state index >= 15 is 0 Å². The molecule has 0 radical (unpaired) electrons. The maximum atomic E-state index is 11.3. The van der Waals surface area contributed by atoms with Gasteiger partial charge in [0.05, 0.1) is 0 Å². The number of carbonyl (C=O) groups excluding carboxylic acids is 1. The first-order chi connectivity index (χ1) is 11.7. The average molecular weight is 347 g/mol. The number of amides is 1. The van der Waals surface area contributed by atoms with Crippen molar-refractivity contribution in [2.45, 2.75) is 31.7 Å². The van der Waals surface area contributed by atoms with E-state index in [0.717, 1.165) is 5.82 Å². The van der Waals surface area contributed by atoms with Crippen molar-refractivity contribution in [2.75, 3.05) is 16.5 Å². The smallest absolute Gasteiger partial charge is 0.239 e. The van der Waals surface area contributed by atoms with Crippen LogP contribution in [0.5, 0.6) is 11.6 Å². The molecule has 24 heavy (non-hydrogen) atoms. The Morgan fingerprint density at radius 1 is 1.25 bits per heavy atom. The number of hydrogen-bond acceptors (Lipinski definition) is 5. The third-order valence-electron chi connectivity index (χ3n) is 3.81. The molecule has 7 heteroatoms. The van der Waals surface area contributed by atoms with Gasteiger partial charge in [-0.15, -0.1) is 11.6 Å². The number of nitrogens with zero attached hydrogens (tertiary/aromatic N) is 2. The summed E-state index contributed by atoms with van der Waals surface area (Å²) in [6.45, 7) is 0. The van der Waals surface area contributed by atoms with E-state index in [1.807, 2.05) is 0 Å². The molecule has 0 atom stereocenters. The quantitative estimate of drug-likeness (QED) is 0.778. The van der Waals surface area contributed by atoms with E-state index < -0.39 is 0 Å². The summed E-state index contributed by atoms with van der Waals surface area (Å²) in [7, 11) is 0. The Hall–Kier alpha value is -2.34. The number of aromatic nitrogens is 2. The van der Waals surface area contributed by atoms with Crippen molar-refractivity contribution in [3.8, 4) is 11.6 Å². The molecule has 1 saturated carbocycles. The third kappa shape index (κ3) is 4.58. The maximum Gasteiger partial charge on any atom is 0.239 e. The van der Waals surface area contributed by atoms with Crippen LogP contribution < -0.4 is 15.4 Å². The van der Waals surface area contributed by atoms with Crippen LogP contribution in [0.15, 0.2) is 36.7 Å². The molecule has 126 valence electrons. The first kappa shape index (κ1) is 16.5. The molecule has 2 aromatic rings. The van der Waals surface area contributed by atoms with Gasteiger partial charge in [0.2, 0.25) is 11.8 Å². The zero-order valence-corrected chi connectivity index (χ0v) is 13.9. The number of benzene rings is 1. The van der Waals surface area contributed by atoms with Crippen molar-refractivity contribution in [1.82, 2.24) is 9.97 Å². The Labute approximate surface area is 145 Å². The summed E-state index contributed by atoms with van der Waals surface area (Å²) in [5.74, 6) is 1.43. The van der Waals surface area contributed by atoms with Gasteiger partial charge in [-0.05, 0) is 25.0 Å². The highest BCUT2D eigenvalue weighted by Crippen LogP contribution is 2.25. The highest BCUT2D eigenvalue weighted by Gasteiger charge is 2.15. The van der Waals surface area contributed by atoms with E-state index in [1.54, 1.807) is 30.3 Å². The molecule has 1 aromatic heterocycles. The lowest BCUT2D eigenvalue weighted by atomic mass is 10.2. The predicted molar refractivity (Wildman–Crippen MR) is 93.8 cm³/mol. The van der Waals surface area contributed by atoms with Crippen molar-refractivity contribution in [1.29, 1.82) is 0 Å². The highest BCUT2D eigenvalue weighted by molar-refractivity contribution is 6.29. The summed E-state index contributed by atoms with van der Waals surface area (Å²) in [5.41, 5.74) is 0.622. The molecule has 0 aliphatic heterocycles. The number of anilines is 2. The number of carbonyl (C=O) groups is 1. The van der Waals surface area contributed by atoms with E-state index in [2.05, 4.69) is 20.6 Å². The molecule has 1 amide bonds. The zero-order valence-electron chi connectivity index (χ0n) is 13.2. The molecule has 0 unspecified atom stereocenters. The molecular formula is C17H19ClN4O2. The molecule has 0 saturated heterocycles. The van der Waals surface area contributed by atoms with Crippen molar-refractivity contribution < 1.29 is 9.53 Å². The van der Waals surface area contributed by atoms with E-state index in [4.69, 9.17) is 16.3 Å². The van der Waals surface area contributed by atoms with Gasteiger partial charge in [-0.25, -0.2) is 9.97 Å². The summed E-state index contributed by atoms with van der Waals surface area (Å²) in [6.07, 6.45) is 6.33. The first-order valence-corrected chi connectivity index (χ1v) is 8.49. The lowest BCUT2D eigenvalue weighted by Gasteiger charge is -2.13. The number of ether oxygens (including phenoxy) is 1. The second kappa shape index (κ2) is 7.97. The van der Waals surface area contributed by atoms with Crippen LogP contribution in [0, 0.1) is 0 Å². The van der Waals surface area contributed by atoms with Gasteiger partial charge in [-0.2, -0.15) is 0 Å². The molecule has 0 spiro atoms. The topological polar surface area (TPSA) is 76.1 Å². The number of alkyl halides is 1. The molecule has 1 aliphatic rings.